The first-order valence-electron chi connectivity index (χ1n) is 6.36. The summed E-state index contributed by atoms with van der Waals surface area (Å²) in [5.41, 5.74) is -0.0328. The number of aromatic nitrogens is 4. The molecular formula is C12H21N5S. The SMILES string of the molecule is CCC(C)NCc1nn2c(C(C)(C)C)nnc2s1. The molecule has 0 amide bonds. The molecule has 1 N–H and O–H groups in total. The van der Waals surface area contributed by atoms with E-state index < -0.39 is 0 Å². The summed E-state index contributed by atoms with van der Waals surface area (Å²) in [6, 6.07) is 0.515. The summed E-state index contributed by atoms with van der Waals surface area (Å²) < 4.78 is 1.87. The zero-order valence-electron chi connectivity index (χ0n) is 11.7. The van der Waals surface area contributed by atoms with Crippen molar-refractivity contribution in [1.82, 2.24) is 25.1 Å². The molecule has 2 aromatic rings. The molecule has 0 bridgehead atoms. The molecule has 100 valence electrons. The van der Waals surface area contributed by atoms with Crippen molar-refractivity contribution in [2.75, 3.05) is 0 Å². The Balaban J connectivity index is 2.21. The van der Waals surface area contributed by atoms with E-state index in [1.54, 1.807) is 11.3 Å². The van der Waals surface area contributed by atoms with Crippen LogP contribution in [0.5, 0.6) is 0 Å². The smallest absolute Gasteiger partial charge is 0.234 e. The van der Waals surface area contributed by atoms with Crippen molar-refractivity contribution in [3.63, 3.8) is 0 Å². The fourth-order valence-corrected chi connectivity index (χ4v) is 2.39. The minimum absolute atomic E-state index is 0.0328. The van der Waals surface area contributed by atoms with Crippen LogP contribution in [0.25, 0.3) is 4.96 Å². The van der Waals surface area contributed by atoms with E-state index in [1.807, 2.05) is 4.52 Å². The fourth-order valence-electron chi connectivity index (χ4n) is 1.60. The Morgan fingerprint density at radius 2 is 2.06 bits per heavy atom. The molecule has 0 aliphatic rings. The van der Waals surface area contributed by atoms with Crippen LogP contribution in [0.1, 0.15) is 51.9 Å². The van der Waals surface area contributed by atoms with Gasteiger partial charge in [-0.05, 0) is 13.3 Å². The monoisotopic (exact) mass is 267 g/mol. The molecule has 0 fully saturated rings. The third-order valence-corrected chi connectivity index (χ3v) is 3.82. The summed E-state index contributed by atoms with van der Waals surface area (Å²) in [6.45, 7) is 11.5. The van der Waals surface area contributed by atoms with Crippen molar-refractivity contribution < 1.29 is 0 Å². The summed E-state index contributed by atoms with van der Waals surface area (Å²) in [7, 11) is 0. The number of nitrogens with one attached hydrogen (secondary N) is 1. The van der Waals surface area contributed by atoms with Gasteiger partial charge in [-0.25, -0.2) is 0 Å². The lowest BCUT2D eigenvalue weighted by molar-refractivity contribution is 0.515. The van der Waals surface area contributed by atoms with Gasteiger partial charge in [-0.2, -0.15) is 9.61 Å². The summed E-state index contributed by atoms with van der Waals surface area (Å²) in [5.74, 6) is 0.920. The third kappa shape index (κ3) is 2.70. The van der Waals surface area contributed by atoms with Gasteiger partial charge < -0.3 is 5.32 Å². The highest BCUT2D eigenvalue weighted by atomic mass is 32.1. The van der Waals surface area contributed by atoms with Gasteiger partial charge in [0.25, 0.3) is 0 Å². The van der Waals surface area contributed by atoms with E-state index in [0.717, 1.165) is 28.8 Å². The average molecular weight is 267 g/mol. The van der Waals surface area contributed by atoms with E-state index in [2.05, 4.69) is 55.2 Å². The van der Waals surface area contributed by atoms with Gasteiger partial charge in [-0.3, -0.25) is 0 Å². The van der Waals surface area contributed by atoms with Crippen LogP contribution in [0.4, 0.5) is 0 Å². The van der Waals surface area contributed by atoms with Crippen molar-refractivity contribution in [3.05, 3.63) is 10.8 Å². The summed E-state index contributed by atoms with van der Waals surface area (Å²) in [6.07, 6.45) is 1.12. The second kappa shape index (κ2) is 4.93. The second-order valence-electron chi connectivity index (χ2n) is 5.65. The molecule has 5 nitrogen and oxygen atoms in total. The minimum Gasteiger partial charge on any atom is -0.308 e. The number of hydrogen-bond donors (Lipinski definition) is 1. The standard InChI is InChI=1S/C12H21N5S/c1-6-8(2)13-7-9-16-17-10(12(3,4)5)14-15-11(17)18-9/h8,13H,6-7H2,1-5H3. The van der Waals surface area contributed by atoms with Crippen LogP contribution >= 0.6 is 11.3 Å². The van der Waals surface area contributed by atoms with E-state index in [0.29, 0.717) is 6.04 Å². The molecule has 0 aliphatic carbocycles. The topological polar surface area (TPSA) is 55.1 Å². The highest BCUT2D eigenvalue weighted by Crippen LogP contribution is 2.23. The van der Waals surface area contributed by atoms with Crippen molar-refractivity contribution in [2.24, 2.45) is 0 Å². The maximum absolute atomic E-state index is 4.59. The van der Waals surface area contributed by atoms with Crippen LogP contribution in [0.15, 0.2) is 0 Å². The molecule has 0 spiro atoms. The Hall–Kier alpha value is -1.01. The maximum atomic E-state index is 4.59. The quantitative estimate of drug-likeness (QED) is 0.924. The lowest BCUT2D eigenvalue weighted by Crippen LogP contribution is -2.24. The number of rotatable bonds is 4. The van der Waals surface area contributed by atoms with Crippen molar-refractivity contribution >= 4 is 16.3 Å². The molecule has 0 radical (unpaired) electrons. The first-order chi connectivity index (χ1) is 8.41. The molecule has 2 aromatic heterocycles. The fraction of sp³-hybridized carbons (Fsp3) is 0.750. The van der Waals surface area contributed by atoms with Gasteiger partial charge >= 0.3 is 0 Å². The summed E-state index contributed by atoms with van der Waals surface area (Å²) in [4.78, 5) is 0.876. The van der Waals surface area contributed by atoms with Crippen molar-refractivity contribution in [1.29, 1.82) is 0 Å². The van der Waals surface area contributed by atoms with Crippen LogP contribution in [0.2, 0.25) is 0 Å². The summed E-state index contributed by atoms with van der Waals surface area (Å²) >= 11 is 1.60. The Labute approximate surface area is 112 Å². The van der Waals surface area contributed by atoms with E-state index >= 15 is 0 Å². The zero-order valence-corrected chi connectivity index (χ0v) is 12.5. The van der Waals surface area contributed by atoms with E-state index in [4.69, 9.17) is 0 Å². The molecule has 6 heteroatoms. The van der Waals surface area contributed by atoms with E-state index in [1.165, 1.54) is 0 Å². The highest BCUT2D eigenvalue weighted by Gasteiger charge is 2.23. The third-order valence-electron chi connectivity index (χ3n) is 2.92. The molecular weight excluding hydrogens is 246 g/mol. The van der Waals surface area contributed by atoms with E-state index in [-0.39, 0.29) is 5.41 Å². The molecule has 2 heterocycles. The number of nitrogens with zero attached hydrogens (tertiary/aromatic N) is 4. The first kappa shape index (κ1) is 13.4. The van der Waals surface area contributed by atoms with Crippen LogP contribution in [-0.2, 0) is 12.0 Å². The molecule has 18 heavy (non-hydrogen) atoms. The summed E-state index contributed by atoms with van der Waals surface area (Å²) in [5, 5.41) is 17.5. The molecule has 0 saturated carbocycles. The average Bonchev–Trinajstić information content (AvgIpc) is 2.82. The normalized spacial score (nSPS) is 14.3. The first-order valence-corrected chi connectivity index (χ1v) is 7.18. The molecule has 1 atom stereocenters. The van der Waals surface area contributed by atoms with Crippen molar-refractivity contribution in [2.45, 2.75) is 59.0 Å². The minimum atomic E-state index is -0.0328. The predicted molar refractivity (Wildman–Crippen MR) is 74.0 cm³/mol. The largest absolute Gasteiger partial charge is 0.308 e. The Kier molecular flexibility index (Phi) is 3.68. The van der Waals surface area contributed by atoms with Gasteiger partial charge in [0.15, 0.2) is 5.82 Å². The Morgan fingerprint density at radius 3 is 2.67 bits per heavy atom. The zero-order chi connectivity index (χ0) is 13.3. The number of fused-ring (bicyclic) bond motifs is 1. The lowest BCUT2D eigenvalue weighted by Gasteiger charge is -2.13. The van der Waals surface area contributed by atoms with Gasteiger partial charge in [0.2, 0.25) is 4.96 Å². The van der Waals surface area contributed by atoms with Gasteiger partial charge in [0.1, 0.15) is 5.01 Å². The molecule has 2 rings (SSSR count). The number of hydrogen-bond acceptors (Lipinski definition) is 5. The lowest BCUT2D eigenvalue weighted by atomic mass is 9.96. The van der Waals surface area contributed by atoms with Crippen LogP contribution in [0.3, 0.4) is 0 Å². The van der Waals surface area contributed by atoms with E-state index in [9.17, 15) is 0 Å². The van der Waals surface area contributed by atoms with Gasteiger partial charge in [0.05, 0.1) is 0 Å². The van der Waals surface area contributed by atoms with Crippen molar-refractivity contribution in [3.8, 4) is 0 Å². The second-order valence-corrected chi connectivity index (χ2v) is 6.69. The van der Waals surface area contributed by atoms with Gasteiger partial charge in [0, 0.05) is 18.0 Å². The van der Waals surface area contributed by atoms with Crippen LogP contribution in [-0.4, -0.2) is 25.9 Å². The molecule has 0 saturated heterocycles. The molecule has 0 aromatic carbocycles. The molecule has 1 unspecified atom stereocenters. The maximum Gasteiger partial charge on any atom is 0.234 e. The van der Waals surface area contributed by atoms with Gasteiger partial charge in [-0.15, -0.1) is 10.2 Å². The van der Waals surface area contributed by atoms with Crippen LogP contribution < -0.4 is 5.32 Å². The Morgan fingerprint density at radius 1 is 1.33 bits per heavy atom. The predicted octanol–water partition coefficient (Wildman–Crippen LogP) is 2.37. The molecule has 0 aliphatic heterocycles. The van der Waals surface area contributed by atoms with Crippen LogP contribution in [0, 0.1) is 0 Å². The Bertz CT molecular complexity index is 522. The highest BCUT2D eigenvalue weighted by molar-refractivity contribution is 7.16. The van der Waals surface area contributed by atoms with Gasteiger partial charge in [-0.1, -0.05) is 39.0 Å².